The Morgan fingerprint density at radius 1 is 1.06 bits per heavy atom. The van der Waals surface area contributed by atoms with Gasteiger partial charge < -0.3 is 28.0 Å². The Kier molecular flexibility index (Phi) is 10.8. The van der Waals surface area contributed by atoms with Crippen LogP contribution in [0.3, 0.4) is 0 Å². The molecule has 0 N–H and O–H groups in total. The van der Waals surface area contributed by atoms with Crippen molar-refractivity contribution >= 4 is 25.2 Å². The van der Waals surface area contributed by atoms with Crippen LogP contribution in [0.4, 0.5) is 5.69 Å². The first-order valence-corrected chi connectivity index (χ1v) is 13.5. The van der Waals surface area contributed by atoms with E-state index in [0.29, 0.717) is 0 Å². The Hall–Kier alpha value is -2.53. The number of benzene rings is 1. The molecule has 202 valence electrons. The highest BCUT2D eigenvalue weighted by Gasteiger charge is 2.45. The van der Waals surface area contributed by atoms with Gasteiger partial charge in [-0.1, -0.05) is 13.8 Å². The van der Waals surface area contributed by atoms with Gasteiger partial charge in [0.15, 0.2) is 11.5 Å². The number of esters is 2. The maximum Gasteiger partial charge on any atom is 0.330 e. The number of rotatable bonds is 12. The zero-order chi connectivity index (χ0) is 27.0. The fourth-order valence-electron chi connectivity index (χ4n) is 3.91. The average Bonchev–Trinajstić information content (AvgIpc) is 2.78. The van der Waals surface area contributed by atoms with Crippen molar-refractivity contribution in [2.75, 3.05) is 19.4 Å². The molecule has 0 bridgehead atoms. The molecule has 36 heavy (non-hydrogen) atoms. The van der Waals surface area contributed by atoms with Crippen molar-refractivity contribution in [3.05, 3.63) is 28.3 Å². The molecule has 1 saturated heterocycles. The van der Waals surface area contributed by atoms with E-state index in [9.17, 15) is 24.3 Å². The largest absolute Gasteiger partial charge is 0.461 e. The summed E-state index contributed by atoms with van der Waals surface area (Å²) in [5, 5.41) is 11.2. The highest BCUT2D eigenvalue weighted by Crippen LogP contribution is 2.50. The standard InChI is InChI=1S/C23H34NO11P/c1-7-30-36(29,31-8-2)12-11-20-22(33-17(6)26)14(3)15(4)23(35-20)34-19-10-9-18(24(27)28)13-21(19)32-16(5)25/h9-10,13-15,20,22-23H,7-8,11-12H2,1-6H3/t14-,15+,20-,22+,23+/m1/s1. The Bertz CT molecular complexity index is 975. The lowest BCUT2D eigenvalue weighted by molar-refractivity contribution is -0.385. The molecule has 0 unspecified atom stereocenters. The van der Waals surface area contributed by atoms with Crippen molar-refractivity contribution in [2.24, 2.45) is 11.8 Å². The van der Waals surface area contributed by atoms with Crippen LogP contribution in [0, 0.1) is 22.0 Å². The first-order chi connectivity index (χ1) is 16.9. The molecular weight excluding hydrogens is 497 g/mol. The lowest BCUT2D eigenvalue weighted by Crippen LogP contribution is -2.53. The van der Waals surface area contributed by atoms with Crippen molar-refractivity contribution in [1.82, 2.24) is 0 Å². The molecule has 13 heteroatoms. The number of nitrogens with zero attached hydrogens (tertiary/aromatic N) is 1. The molecular formula is C23H34NO11P. The number of carbonyl (C=O) groups excluding carboxylic acids is 2. The Morgan fingerprint density at radius 2 is 1.69 bits per heavy atom. The van der Waals surface area contributed by atoms with Gasteiger partial charge in [-0.2, -0.15) is 0 Å². The van der Waals surface area contributed by atoms with E-state index in [1.54, 1.807) is 13.8 Å². The minimum Gasteiger partial charge on any atom is -0.461 e. The molecule has 0 aliphatic carbocycles. The van der Waals surface area contributed by atoms with Crippen LogP contribution in [0.5, 0.6) is 11.5 Å². The number of non-ortho nitro benzene ring substituents is 1. The Morgan fingerprint density at radius 3 is 2.22 bits per heavy atom. The third-order valence-corrected chi connectivity index (χ3v) is 7.84. The Balaban J connectivity index is 2.33. The van der Waals surface area contributed by atoms with Gasteiger partial charge in [0.1, 0.15) is 6.10 Å². The number of nitro benzene ring substituents is 1. The van der Waals surface area contributed by atoms with Crippen LogP contribution in [-0.4, -0.2) is 54.7 Å². The van der Waals surface area contributed by atoms with Crippen LogP contribution < -0.4 is 9.47 Å². The van der Waals surface area contributed by atoms with Crippen LogP contribution in [0.15, 0.2) is 18.2 Å². The summed E-state index contributed by atoms with van der Waals surface area (Å²) in [5.74, 6) is -1.78. The second-order valence-electron chi connectivity index (χ2n) is 8.39. The second kappa shape index (κ2) is 13.1. The van der Waals surface area contributed by atoms with Crippen molar-refractivity contribution in [3.8, 4) is 11.5 Å². The molecule has 0 radical (unpaired) electrons. The van der Waals surface area contributed by atoms with Crippen molar-refractivity contribution in [3.63, 3.8) is 0 Å². The first-order valence-electron chi connectivity index (χ1n) is 11.7. The van der Waals surface area contributed by atoms with Gasteiger partial charge in [0, 0.05) is 31.7 Å². The van der Waals surface area contributed by atoms with E-state index >= 15 is 0 Å². The highest BCUT2D eigenvalue weighted by atomic mass is 31.2. The fraction of sp³-hybridized carbons (Fsp3) is 0.652. The van der Waals surface area contributed by atoms with Gasteiger partial charge in [-0.25, -0.2) is 0 Å². The molecule has 2 rings (SSSR count). The zero-order valence-electron chi connectivity index (χ0n) is 21.3. The predicted octanol–water partition coefficient (Wildman–Crippen LogP) is 4.48. The van der Waals surface area contributed by atoms with E-state index < -0.39 is 43.0 Å². The molecule has 0 saturated carbocycles. The van der Waals surface area contributed by atoms with Crippen LogP contribution in [0.2, 0.25) is 0 Å². The smallest absolute Gasteiger partial charge is 0.330 e. The van der Waals surface area contributed by atoms with Gasteiger partial charge in [0.05, 0.1) is 36.5 Å². The minimum atomic E-state index is -3.39. The monoisotopic (exact) mass is 531 g/mol. The summed E-state index contributed by atoms with van der Waals surface area (Å²) in [6.45, 7) is 10.0. The number of hydrogen-bond donors (Lipinski definition) is 0. The predicted molar refractivity (Wildman–Crippen MR) is 128 cm³/mol. The number of ether oxygens (including phenoxy) is 4. The normalized spacial score (nSPS) is 24.1. The molecule has 0 spiro atoms. The van der Waals surface area contributed by atoms with Gasteiger partial charge >= 0.3 is 19.5 Å². The average molecular weight is 531 g/mol. The summed E-state index contributed by atoms with van der Waals surface area (Å²) < 4.78 is 46.6. The van der Waals surface area contributed by atoms with Crippen LogP contribution in [0.25, 0.3) is 0 Å². The number of hydrogen-bond acceptors (Lipinski definition) is 11. The minimum absolute atomic E-state index is 0.0289. The molecule has 0 amide bonds. The van der Waals surface area contributed by atoms with E-state index in [2.05, 4.69) is 0 Å². The van der Waals surface area contributed by atoms with Gasteiger partial charge in [0.25, 0.3) is 5.69 Å². The number of carbonyl (C=O) groups is 2. The van der Waals surface area contributed by atoms with E-state index in [1.807, 2.05) is 13.8 Å². The van der Waals surface area contributed by atoms with Gasteiger partial charge in [-0.3, -0.25) is 24.3 Å². The molecule has 1 aromatic rings. The maximum absolute atomic E-state index is 13.0. The van der Waals surface area contributed by atoms with Gasteiger partial charge in [-0.05, 0) is 26.3 Å². The second-order valence-corrected chi connectivity index (χ2v) is 10.6. The molecule has 5 atom stereocenters. The van der Waals surface area contributed by atoms with E-state index in [4.69, 9.17) is 28.0 Å². The summed E-state index contributed by atoms with van der Waals surface area (Å²) >= 11 is 0. The van der Waals surface area contributed by atoms with Crippen molar-refractivity contribution in [1.29, 1.82) is 0 Å². The molecule has 1 fully saturated rings. The molecule has 1 heterocycles. The van der Waals surface area contributed by atoms with Crippen LogP contribution in [-0.2, 0) is 32.7 Å². The SMILES string of the molecule is CCOP(=O)(CC[C@H]1O[C@H](Oc2ccc([N+](=O)[O-])cc2OC(C)=O)[C@@H](C)[C@@H](C)[C@@H]1OC(C)=O)OCC. The fourth-order valence-corrected chi connectivity index (χ4v) is 5.60. The summed E-state index contributed by atoms with van der Waals surface area (Å²) in [5.41, 5.74) is -0.278. The summed E-state index contributed by atoms with van der Waals surface area (Å²) in [7, 11) is -3.39. The third kappa shape index (κ3) is 7.99. The summed E-state index contributed by atoms with van der Waals surface area (Å²) in [6.07, 6.45) is -2.05. The lowest BCUT2D eigenvalue weighted by atomic mass is 9.83. The number of nitro groups is 1. The van der Waals surface area contributed by atoms with Gasteiger partial charge in [-0.15, -0.1) is 0 Å². The lowest BCUT2D eigenvalue weighted by Gasteiger charge is -2.44. The topological polar surface area (TPSA) is 150 Å². The highest BCUT2D eigenvalue weighted by molar-refractivity contribution is 7.53. The summed E-state index contributed by atoms with van der Waals surface area (Å²) in [6, 6.07) is 3.63. The maximum atomic E-state index is 13.0. The molecule has 1 aromatic carbocycles. The van der Waals surface area contributed by atoms with E-state index in [0.717, 1.165) is 6.07 Å². The molecule has 1 aliphatic rings. The zero-order valence-corrected chi connectivity index (χ0v) is 22.2. The molecule has 12 nitrogen and oxygen atoms in total. The third-order valence-electron chi connectivity index (χ3n) is 5.73. The van der Waals surface area contributed by atoms with Crippen LogP contribution in [0.1, 0.15) is 48.0 Å². The van der Waals surface area contributed by atoms with Crippen LogP contribution >= 0.6 is 7.60 Å². The van der Waals surface area contributed by atoms with Crippen molar-refractivity contribution < 1.29 is 47.1 Å². The molecule has 1 aliphatic heterocycles. The molecule has 0 aromatic heterocycles. The van der Waals surface area contributed by atoms with E-state index in [1.165, 1.54) is 26.0 Å². The van der Waals surface area contributed by atoms with Gasteiger partial charge in [0.2, 0.25) is 6.29 Å². The van der Waals surface area contributed by atoms with E-state index in [-0.39, 0.29) is 54.8 Å². The summed E-state index contributed by atoms with van der Waals surface area (Å²) in [4.78, 5) is 33.9. The first kappa shape index (κ1) is 29.7. The quantitative estimate of drug-likeness (QED) is 0.123. The Labute approximate surface area is 210 Å². The van der Waals surface area contributed by atoms with Crippen molar-refractivity contribution in [2.45, 2.75) is 66.5 Å².